The number of aromatic nitrogens is 2. The highest BCUT2D eigenvalue weighted by atomic mass is 32.1. The van der Waals surface area contributed by atoms with E-state index < -0.39 is 0 Å². The molecule has 0 fully saturated rings. The molecule has 34 heavy (non-hydrogen) atoms. The first-order valence-electron chi connectivity index (χ1n) is 11.5. The van der Waals surface area contributed by atoms with Crippen LogP contribution < -0.4 is 10.1 Å². The summed E-state index contributed by atoms with van der Waals surface area (Å²) >= 11 is 1.66. The van der Waals surface area contributed by atoms with Gasteiger partial charge in [-0.2, -0.15) is 0 Å². The van der Waals surface area contributed by atoms with Gasteiger partial charge in [-0.05, 0) is 31.5 Å². The van der Waals surface area contributed by atoms with Crippen LogP contribution >= 0.6 is 11.3 Å². The summed E-state index contributed by atoms with van der Waals surface area (Å²) in [6.07, 6.45) is 6.83. The highest BCUT2D eigenvalue weighted by Gasteiger charge is 2.28. The zero-order valence-electron chi connectivity index (χ0n) is 19.1. The number of ether oxygens (including phenoxy) is 2. The van der Waals surface area contributed by atoms with E-state index in [2.05, 4.69) is 10.3 Å². The minimum Gasteiger partial charge on any atom is -0.457 e. The zero-order valence-corrected chi connectivity index (χ0v) is 19.9. The molecule has 2 aromatic heterocycles. The van der Waals surface area contributed by atoms with Gasteiger partial charge in [-0.1, -0.05) is 36.4 Å². The van der Waals surface area contributed by atoms with E-state index in [0.717, 1.165) is 51.0 Å². The third-order valence-electron chi connectivity index (χ3n) is 5.95. The molecular formula is C27H27N3O3S. The molecule has 0 unspecified atom stereocenters. The molecule has 0 radical (unpaired) electrons. The molecular weight excluding hydrogens is 446 g/mol. The van der Waals surface area contributed by atoms with Gasteiger partial charge in [-0.15, -0.1) is 11.3 Å². The highest BCUT2D eigenvalue weighted by molar-refractivity contribution is 7.12. The van der Waals surface area contributed by atoms with E-state index in [-0.39, 0.29) is 11.8 Å². The second-order valence-electron chi connectivity index (χ2n) is 8.37. The molecule has 0 atom stereocenters. The Morgan fingerprint density at radius 2 is 1.88 bits per heavy atom. The number of hydrogen-bond acceptors (Lipinski definition) is 5. The maximum absolute atomic E-state index is 13.1. The fourth-order valence-corrected chi connectivity index (χ4v) is 5.23. The molecule has 0 spiro atoms. The van der Waals surface area contributed by atoms with Crippen LogP contribution in [0.3, 0.4) is 0 Å². The average molecular weight is 474 g/mol. The van der Waals surface area contributed by atoms with Gasteiger partial charge in [0.2, 0.25) is 5.91 Å². The fraction of sp³-hybridized carbons (Fsp3) is 0.259. The van der Waals surface area contributed by atoms with Gasteiger partial charge in [-0.3, -0.25) is 4.79 Å². The third-order valence-corrected chi connectivity index (χ3v) is 6.97. The van der Waals surface area contributed by atoms with Crippen LogP contribution in [-0.2, 0) is 22.7 Å². The van der Waals surface area contributed by atoms with E-state index in [9.17, 15) is 4.79 Å². The number of nitrogens with one attached hydrogen (secondary N) is 1. The number of amides is 1. The number of aryl methyl sites for hydroxylation is 2. The van der Waals surface area contributed by atoms with E-state index in [1.807, 2.05) is 78.6 Å². The summed E-state index contributed by atoms with van der Waals surface area (Å²) in [5.41, 5.74) is 2.95. The van der Waals surface area contributed by atoms with Crippen molar-refractivity contribution in [1.82, 2.24) is 9.55 Å². The van der Waals surface area contributed by atoms with Gasteiger partial charge in [-0.25, -0.2) is 4.98 Å². The lowest BCUT2D eigenvalue weighted by Crippen LogP contribution is -2.19. The predicted molar refractivity (Wildman–Crippen MR) is 134 cm³/mol. The van der Waals surface area contributed by atoms with Crippen molar-refractivity contribution in [3.63, 3.8) is 0 Å². The molecule has 0 saturated carbocycles. The Labute approximate surface area is 203 Å². The molecule has 4 aromatic rings. The molecule has 6 nitrogen and oxygen atoms in total. The van der Waals surface area contributed by atoms with Crippen LogP contribution in [0.4, 0.5) is 5.69 Å². The summed E-state index contributed by atoms with van der Waals surface area (Å²) in [4.78, 5) is 19.3. The summed E-state index contributed by atoms with van der Waals surface area (Å²) in [6, 6.07) is 17.9. The molecule has 1 aliphatic rings. The van der Waals surface area contributed by atoms with E-state index in [4.69, 9.17) is 9.47 Å². The van der Waals surface area contributed by atoms with Crippen LogP contribution in [0.5, 0.6) is 11.5 Å². The maximum atomic E-state index is 13.1. The quantitative estimate of drug-likeness (QED) is 0.297. The molecule has 2 aromatic carbocycles. The lowest BCUT2D eigenvalue weighted by Gasteiger charge is -2.27. The number of anilines is 1. The number of imidazole rings is 1. The number of fused-ring (bicyclic) bond motifs is 2. The maximum Gasteiger partial charge on any atom is 0.225 e. The monoisotopic (exact) mass is 473 g/mol. The second kappa shape index (κ2) is 10.2. The summed E-state index contributed by atoms with van der Waals surface area (Å²) in [5, 5.41) is 3.12. The molecule has 0 aliphatic carbocycles. The van der Waals surface area contributed by atoms with Crippen LogP contribution in [0.25, 0.3) is 0 Å². The Hall–Kier alpha value is -3.42. The second-order valence-corrected chi connectivity index (χ2v) is 9.71. The van der Waals surface area contributed by atoms with Crippen molar-refractivity contribution in [2.45, 2.75) is 38.8 Å². The van der Waals surface area contributed by atoms with Gasteiger partial charge >= 0.3 is 0 Å². The summed E-state index contributed by atoms with van der Waals surface area (Å²) in [7, 11) is 0. The molecule has 0 bridgehead atoms. The van der Waals surface area contributed by atoms with Gasteiger partial charge < -0.3 is 19.4 Å². The molecule has 1 amide bonds. The molecule has 1 N–H and O–H groups in total. The Kier molecular flexibility index (Phi) is 6.74. The smallest absolute Gasteiger partial charge is 0.225 e. The fourth-order valence-electron chi connectivity index (χ4n) is 4.30. The summed E-state index contributed by atoms with van der Waals surface area (Å²) < 4.78 is 13.9. The zero-order chi connectivity index (χ0) is 23.3. The Bertz CT molecular complexity index is 1220. The van der Waals surface area contributed by atoms with Crippen molar-refractivity contribution in [2.24, 2.45) is 0 Å². The lowest BCUT2D eigenvalue weighted by molar-refractivity contribution is -0.116. The minimum absolute atomic E-state index is 0.00907. The van der Waals surface area contributed by atoms with Crippen molar-refractivity contribution >= 4 is 22.9 Å². The predicted octanol–water partition coefficient (Wildman–Crippen LogP) is 6.13. The number of carbonyl (C=O) groups excluding carboxylic acids is 1. The minimum atomic E-state index is -0.0432. The van der Waals surface area contributed by atoms with E-state index >= 15 is 0 Å². The number of thiophene rings is 1. The Morgan fingerprint density at radius 1 is 1.15 bits per heavy atom. The first-order chi connectivity index (χ1) is 16.7. The highest BCUT2D eigenvalue weighted by Crippen LogP contribution is 2.45. The SMILES string of the molecule is Cc1sc(COCCCn2ccnc2)cc1NC(=O)CC1c2ccccc2Oc2ccccc21. The number of para-hydroxylation sites is 2. The average Bonchev–Trinajstić information content (AvgIpc) is 3.48. The van der Waals surface area contributed by atoms with Crippen molar-refractivity contribution in [3.05, 3.63) is 94.2 Å². The lowest BCUT2D eigenvalue weighted by atomic mass is 9.85. The number of carbonyl (C=O) groups is 1. The van der Waals surface area contributed by atoms with Crippen LogP contribution in [0, 0.1) is 6.92 Å². The van der Waals surface area contributed by atoms with Crippen molar-refractivity contribution in [1.29, 1.82) is 0 Å². The normalized spacial score (nSPS) is 12.6. The Morgan fingerprint density at radius 3 is 2.59 bits per heavy atom. The largest absolute Gasteiger partial charge is 0.457 e. The van der Waals surface area contributed by atoms with Crippen molar-refractivity contribution in [3.8, 4) is 11.5 Å². The molecule has 1 aliphatic heterocycles. The number of hydrogen-bond donors (Lipinski definition) is 1. The van der Waals surface area contributed by atoms with Gasteiger partial charge in [0, 0.05) is 58.8 Å². The number of rotatable bonds is 9. The van der Waals surface area contributed by atoms with Crippen LogP contribution in [0.15, 0.2) is 73.3 Å². The van der Waals surface area contributed by atoms with Gasteiger partial charge in [0.05, 0.1) is 18.6 Å². The van der Waals surface area contributed by atoms with Gasteiger partial charge in [0.1, 0.15) is 11.5 Å². The first-order valence-corrected chi connectivity index (χ1v) is 12.3. The third kappa shape index (κ3) is 5.05. The van der Waals surface area contributed by atoms with Crippen molar-refractivity contribution in [2.75, 3.05) is 11.9 Å². The first kappa shape index (κ1) is 22.4. The van der Waals surface area contributed by atoms with Crippen LogP contribution in [0.1, 0.15) is 39.6 Å². The Balaban J connectivity index is 1.19. The van der Waals surface area contributed by atoms with E-state index in [0.29, 0.717) is 19.6 Å². The van der Waals surface area contributed by atoms with E-state index in [1.54, 1.807) is 17.5 Å². The van der Waals surface area contributed by atoms with Crippen molar-refractivity contribution < 1.29 is 14.3 Å². The number of nitrogens with zero attached hydrogens (tertiary/aromatic N) is 2. The van der Waals surface area contributed by atoms with E-state index in [1.165, 1.54) is 0 Å². The van der Waals surface area contributed by atoms with Gasteiger partial charge in [0.25, 0.3) is 0 Å². The molecule has 7 heteroatoms. The summed E-state index contributed by atoms with van der Waals surface area (Å²) in [6.45, 7) is 4.15. The summed E-state index contributed by atoms with van der Waals surface area (Å²) in [5.74, 6) is 1.58. The molecule has 3 heterocycles. The standard InChI is InChI=1S/C27H27N3O3S/c1-19-24(15-20(34-19)17-32-14-6-12-30-13-11-28-18-30)29-27(31)16-23-21-7-2-4-9-25(21)33-26-10-5-3-8-22(23)26/h2-5,7-11,13,15,18,23H,6,12,14,16-17H2,1H3,(H,29,31). The molecule has 5 rings (SSSR count). The van der Waals surface area contributed by atoms with Crippen LogP contribution in [0.2, 0.25) is 0 Å². The molecule has 0 saturated heterocycles. The number of benzene rings is 2. The van der Waals surface area contributed by atoms with Crippen LogP contribution in [-0.4, -0.2) is 22.1 Å². The molecule has 174 valence electrons. The topological polar surface area (TPSA) is 65.4 Å². The van der Waals surface area contributed by atoms with Gasteiger partial charge in [0.15, 0.2) is 0 Å².